The molecule has 3 rings (SSSR count). The molecule has 1 aromatic heterocycles. The first-order chi connectivity index (χ1) is 8.34. The monoisotopic (exact) mass is 235 g/mol. The fraction of sp³-hybridized carbons (Fsp3) is 0.667. The number of rotatable bonds is 1. The maximum atomic E-state index is 12.0. The molecule has 0 aromatic carbocycles. The Kier molecular flexibility index (Phi) is 2.94. The lowest BCUT2D eigenvalue weighted by Crippen LogP contribution is -2.33. The highest BCUT2D eigenvalue weighted by atomic mass is 16.5. The number of nitrogens with one attached hydrogen (secondary N) is 2. The topological polar surface area (TPSA) is 67.0 Å². The van der Waals surface area contributed by atoms with Crippen molar-refractivity contribution in [2.75, 3.05) is 19.8 Å². The average molecular weight is 235 g/mol. The number of ether oxygens (including phenoxy) is 1. The van der Waals surface area contributed by atoms with Crippen LogP contribution in [-0.4, -0.2) is 29.7 Å². The molecule has 1 aromatic rings. The van der Waals surface area contributed by atoms with Gasteiger partial charge in [0.1, 0.15) is 5.82 Å². The molecular weight excluding hydrogens is 218 g/mol. The summed E-state index contributed by atoms with van der Waals surface area (Å²) in [5.41, 5.74) is 1.81. The molecule has 5 heteroatoms. The number of hydrogen-bond acceptors (Lipinski definition) is 4. The van der Waals surface area contributed by atoms with E-state index in [0.29, 0.717) is 13.2 Å². The van der Waals surface area contributed by atoms with E-state index in [1.165, 1.54) is 0 Å². The first kappa shape index (κ1) is 10.9. The van der Waals surface area contributed by atoms with Gasteiger partial charge in [-0.3, -0.25) is 4.79 Å². The predicted octanol–water partition coefficient (Wildman–Crippen LogP) is 0.310. The molecule has 0 radical (unpaired) electrons. The quantitative estimate of drug-likeness (QED) is 0.735. The summed E-state index contributed by atoms with van der Waals surface area (Å²) in [6.07, 6.45) is 2.87. The molecule has 17 heavy (non-hydrogen) atoms. The lowest BCUT2D eigenvalue weighted by atomic mass is 10.0. The maximum absolute atomic E-state index is 12.0. The normalized spacial score (nSPS) is 24.4. The van der Waals surface area contributed by atoms with E-state index in [1.807, 2.05) is 0 Å². The van der Waals surface area contributed by atoms with Gasteiger partial charge in [-0.25, -0.2) is 4.98 Å². The molecule has 0 saturated carbocycles. The highest BCUT2D eigenvalue weighted by Gasteiger charge is 2.21. The smallest absolute Gasteiger partial charge is 0.254 e. The van der Waals surface area contributed by atoms with E-state index in [-0.39, 0.29) is 11.5 Å². The van der Waals surface area contributed by atoms with Crippen molar-refractivity contribution in [3.05, 3.63) is 27.4 Å². The van der Waals surface area contributed by atoms with Gasteiger partial charge in [0, 0.05) is 24.6 Å². The molecule has 3 heterocycles. The van der Waals surface area contributed by atoms with Gasteiger partial charge in [0.25, 0.3) is 5.56 Å². The summed E-state index contributed by atoms with van der Waals surface area (Å²) in [6.45, 7) is 3.08. The molecule has 0 amide bonds. The molecule has 5 nitrogen and oxygen atoms in total. The van der Waals surface area contributed by atoms with E-state index in [9.17, 15) is 4.79 Å². The predicted molar refractivity (Wildman–Crippen MR) is 63.1 cm³/mol. The zero-order chi connectivity index (χ0) is 11.7. The van der Waals surface area contributed by atoms with E-state index in [2.05, 4.69) is 15.3 Å². The maximum Gasteiger partial charge on any atom is 0.254 e. The van der Waals surface area contributed by atoms with E-state index >= 15 is 0 Å². The van der Waals surface area contributed by atoms with Gasteiger partial charge in [-0.05, 0) is 25.8 Å². The van der Waals surface area contributed by atoms with Crippen molar-refractivity contribution >= 4 is 0 Å². The van der Waals surface area contributed by atoms with Gasteiger partial charge < -0.3 is 15.0 Å². The van der Waals surface area contributed by atoms with E-state index in [4.69, 9.17) is 4.74 Å². The number of fused-ring (bicyclic) bond motifs is 1. The Bertz CT molecular complexity index is 463. The Morgan fingerprint density at radius 2 is 2.35 bits per heavy atom. The summed E-state index contributed by atoms with van der Waals surface area (Å²) in [4.78, 5) is 19.5. The van der Waals surface area contributed by atoms with E-state index in [0.717, 1.165) is 49.5 Å². The first-order valence-corrected chi connectivity index (χ1v) is 6.25. The van der Waals surface area contributed by atoms with Crippen LogP contribution in [0.4, 0.5) is 0 Å². The van der Waals surface area contributed by atoms with Gasteiger partial charge in [-0.2, -0.15) is 0 Å². The van der Waals surface area contributed by atoms with Crippen molar-refractivity contribution in [1.29, 1.82) is 0 Å². The van der Waals surface area contributed by atoms with Gasteiger partial charge in [0.15, 0.2) is 0 Å². The molecule has 2 aliphatic heterocycles. The highest BCUT2D eigenvalue weighted by Crippen LogP contribution is 2.22. The van der Waals surface area contributed by atoms with Crippen molar-refractivity contribution in [1.82, 2.24) is 15.3 Å². The number of nitrogens with zero attached hydrogens (tertiary/aromatic N) is 1. The molecule has 1 saturated heterocycles. The number of hydrogen-bond donors (Lipinski definition) is 2. The lowest BCUT2D eigenvalue weighted by molar-refractivity contribution is 0.0779. The Morgan fingerprint density at radius 1 is 1.41 bits per heavy atom. The number of aromatic nitrogens is 2. The average Bonchev–Trinajstić information content (AvgIpc) is 2.40. The molecular formula is C12H17N3O2. The second kappa shape index (κ2) is 4.58. The van der Waals surface area contributed by atoms with Crippen molar-refractivity contribution in [3.8, 4) is 0 Å². The van der Waals surface area contributed by atoms with Crippen LogP contribution in [0.5, 0.6) is 0 Å². The van der Waals surface area contributed by atoms with Gasteiger partial charge in [-0.15, -0.1) is 0 Å². The van der Waals surface area contributed by atoms with Crippen molar-refractivity contribution < 1.29 is 4.74 Å². The first-order valence-electron chi connectivity index (χ1n) is 6.25. The van der Waals surface area contributed by atoms with Gasteiger partial charge in [-0.1, -0.05) is 0 Å². The number of aromatic amines is 1. The summed E-state index contributed by atoms with van der Waals surface area (Å²) >= 11 is 0. The van der Waals surface area contributed by atoms with Crippen LogP contribution in [-0.2, 0) is 17.7 Å². The fourth-order valence-corrected chi connectivity index (χ4v) is 2.54. The minimum atomic E-state index is 0.0390. The molecule has 1 unspecified atom stereocenters. The Morgan fingerprint density at radius 3 is 3.18 bits per heavy atom. The molecule has 1 atom stereocenters. The van der Waals surface area contributed by atoms with Crippen LogP contribution in [0.3, 0.4) is 0 Å². The Hall–Kier alpha value is -1.20. The van der Waals surface area contributed by atoms with Crippen LogP contribution in [0.1, 0.15) is 35.8 Å². The second-order valence-electron chi connectivity index (χ2n) is 4.72. The third-order valence-corrected chi connectivity index (χ3v) is 3.51. The van der Waals surface area contributed by atoms with E-state index in [1.54, 1.807) is 0 Å². The third-order valence-electron chi connectivity index (χ3n) is 3.51. The summed E-state index contributed by atoms with van der Waals surface area (Å²) < 4.78 is 5.44. The standard InChI is InChI=1S/C12H17N3O2/c16-12-9-3-4-13-6-10(9)14-11(15-12)8-2-1-5-17-7-8/h8,13H,1-7H2,(H,14,15,16). The largest absolute Gasteiger partial charge is 0.381 e. The van der Waals surface area contributed by atoms with Crippen LogP contribution in [0, 0.1) is 0 Å². The summed E-state index contributed by atoms with van der Waals surface area (Å²) in [5.74, 6) is 1.06. The number of H-pyrrole nitrogens is 1. The summed E-state index contributed by atoms with van der Waals surface area (Å²) in [7, 11) is 0. The van der Waals surface area contributed by atoms with Crippen molar-refractivity contribution in [2.24, 2.45) is 0 Å². The molecule has 2 aliphatic rings. The molecule has 1 fully saturated rings. The third kappa shape index (κ3) is 2.12. The molecule has 0 spiro atoms. The Labute approximate surface area is 99.6 Å². The van der Waals surface area contributed by atoms with Gasteiger partial charge in [0.2, 0.25) is 0 Å². The molecule has 2 N–H and O–H groups in total. The van der Waals surface area contributed by atoms with Gasteiger partial charge in [0.05, 0.1) is 12.3 Å². The fourth-order valence-electron chi connectivity index (χ4n) is 2.54. The Balaban J connectivity index is 1.95. The van der Waals surface area contributed by atoms with Crippen LogP contribution in [0.2, 0.25) is 0 Å². The minimum Gasteiger partial charge on any atom is -0.381 e. The van der Waals surface area contributed by atoms with Crippen LogP contribution >= 0.6 is 0 Å². The van der Waals surface area contributed by atoms with Crippen molar-refractivity contribution in [3.63, 3.8) is 0 Å². The second-order valence-corrected chi connectivity index (χ2v) is 4.72. The zero-order valence-electron chi connectivity index (χ0n) is 9.79. The highest BCUT2D eigenvalue weighted by molar-refractivity contribution is 5.21. The summed E-state index contributed by atoms with van der Waals surface area (Å²) in [5, 5.41) is 3.25. The van der Waals surface area contributed by atoms with Crippen molar-refractivity contribution in [2.45, 2.75) is 31.7 Å². The van der Waals surface area contributed by atoms with Gasteiger partial charge >= 0.3 is 0 Å². The molecule has 0 bridgehead atoms. The SMILES string of the molecule is O=c1[nH]c(C2CCCOC2)nc2c1CCNC2. The van der Waals surface area contributed by atoms with E-state index < -0.39 is 0 Å². The summed E-state index contributed by atoms with van der Waals surface area (Å²) in [6, 6.07) is 0. The lowest BCUT2D eigenvalue weighted by Gasteiger charge is -2.23. The van der Waals surface area contributed by atoms with Crippen LogP contribution < -0.4 is 10.9 Å². The van der Waals surface area contributed by atoms with Crippen LogP contribution in [0.15, 0.2) is 4.79 Å². The molecule has 0 aliphatic carbocycles. The molecule has 92 valence electrons. The minimum absolute atomic E-state index is 0.0390. The zero-order valence-corrected chi connectivity index (χ0v) is 9.79. The van der Waals surface area contributed by atoms with Crippen LogP contribution in [0.25, 0.3) is 0 Å².